The van der Waals surface area contributed by atoms with Crippen LogP contribution in [0.1, 0.15) is 36.2 Å². The predicted octanol–water partition coefficient (Wildman–Crippen LogP) is 0.896. The zero-order valence-corrected chi connectivity index (χ0v) is 13.0. The number of carbonyl (C=O) groups excluding carboxylic acids is 1. The first kappa shape index (κ1) is 15.0. The maximum Gasteiger partial charge on any atom is 0.255 e. The number of pyridine rings is 1. The number of hydrogen-bond acceptors (Lipinski definition) is 4. The van der Waals surface area contributed by atoms with Crippen molar-refractivity contribution in [2.45, 2.75) is 32.9 Å². The Morgan fingerprint density at radius 3 is 2.91 bits per heavy atom. The molecule has 1 saturated carbocycles. The van der Waals surface area contributed by atoms with Crippen molar-refractivity contribution in [2.24, 2.45) is 22.8 Å². The Morgan fingerprint density at radius 2 is 2.27 bits per heavy atom. The largest absolute Gasteiger partial charge is 0.349 e. The summed E-state index contributed by atoms with van der Waals surface area (Å²) in [4.78, 5) is 12.6. The molecule has 0 aliphatic heterocycles. The van der Waals surface area contributed by atoms with Crippen molar-refractivity contribution in [1.29, 1.82) is 0 Å². The van der Waals surface area contributed by atoms with Crippen LogP contribution in [0.25, 0.3) is 5.52 Å². The molecule has 22 heavy (non-hydrogen) atoms. The Hall–Kier alpha value is -1.92. The summed E-state index contributed by atoms with van der Waals surface area (Å²) in [5.74, 6) is 0.378. The van der Waals surface area contributed by atoms with E-state index in [1.54, 1.807) is 10.7 Å². The summed E-state index contributed by atoms with van der Waals surface area (Å²) in [5.41, 5.74) is 13.8. The number of carbonyl (C=O) groups is 1. The van der Waals surface area contributed by atoms with Crippen LogP contribution in [0, 0.1) is 11.3 Å². The summed E-state index contributed by atoms with van der Waals surface area (Å²) < 4.78 is 1.70. The second kappa shape index (κ2) is 5.37. The number of nitrogens with one attached hydrogen (secondary N) is 1. The van der Waals surface area contributed by atoms with Gasteiger partial charge in [0.1, 0.15) is 0 Å². The third kappa shape index (κ3) is 2.28. The molecule has 2 unspecified atom stereocenters. The number of fused-ring (bicyclic) bond motifs is 1. The first-order valence-electron chi connectivity index (χ1n) is 7.64. The average Bonchev–Trinajstić information content (AvgIpc) is 2.93. The number of nitrogens with two attached hydrogens (primary N) is 2. The maximum absolute atomic E-state index is 12.6. The zero-order chi connectivity index (χ0) is 15.9. The smallest absolute Gasteiger partial charge is 0.255 e. The first-order valence-corrected chi connectivity index (χ1v) is 7.64. The van der Waals surface area contributed by atoms with E-state index in [0.717, 1.165) is 17.5 Å². The number of aromatic nitrogens is 2. The Labute approximate surface area is 129 Å². The minimum absolute atomic E-state index is 0.0375. The van der Waals surface area contributed by atoms with Gasteiger partial charge < -0.3 is 16.8 Å². The Kier molecular flexibility index (Phi) is 3.66. The fourth-order valence-electron chi connectivity index (χ4n) is 3.22. The maximum atomic E-state index is 12.6. The lowest BCUT2D eigenvalue weighted by Crippen LogP contribution is -2.60. The van der Waals surface area contributed by atoms with E-state index in [1.165, 1.54) is 0 Å². The monoisotopic (exact) mass is 301 g/mol. The summed E-state index contributed by atoms with van der Waals surface area (Å²) >= 11 is 0. The molecule has 0 spiro atoms. The number of amides is 1. The van der Waals surface area contributed by atoms with Crippen LogP contribution in [0.4, 0.5) is 0 Å². The molecule has 1 aliphatic rings. The SMILES string of the molecule is CC1(C)C(CN)CC1NC(=O)c1cnn2ccc(CN)cc12. The van der Waals surface area contributed by atoms with E-state index in [4.69, 9.17) is 11.5 Å². The molecule has 2 aromatic rings. The fourth-order valence-corrected chi connectivity index (χ4v) is 3.22. The van der Waals surface area contributed by atoms with Crippen molar-refractivity contribution >= 4 is 11.4 Å². The molecule has 2 atom stereocenters. The minimum Gasteiger partial charge on any atom is -0.349 e. The van der Waals surface area contributed by atoms with Crippen molar-refractivity contribution in [3.63, 3.8) is 0 Å². The first-order chi connectivity index (χ1) is 10.5. The van der Waals surface area contributed by atoms with E-state index in [-0.39, 0.29) is 17.4 Å². The molecule has 6 heteroatoms. The highest BCUT2D eigenvalue weighted by atomic mass is 16.1. The highest BCUT2D eigenvalue weighted by molar-refractivity contribution is 6.00. The topological polar surface area (TPSA) is 98.4 Å². The van der Waals surface area contributed by atoms with Gasteiger partial charge in [-0.2, -0.15) is 5.10 Å². The molecule has 3 rings (SSSR count). The van der Waals surface area contributed by atoms with Gasteiger partial charge in [0.2, 0.25) is 0 Å². The lowest BCUT2D eigenvalue weighted by molar-refractivity contribution is 0.0200. The fraction of sp³-hybridized carbons (Fsp3) is 0.500. The van der Waals surface area contributed by atoms with Gasteiger partial charge >= 0.3 is 0 Å². The van der Waals surface area contributed by atoms with Gasteiger partial charge in [-0.05, 0) is 42.0 Å². The average molecular weight is 301 g/mol. The van der Waals surface area contributed by atoms with Gasteiger partial charge in [-0.3, -0.25) is 4.79 Å². The van der Waals surface area contributed by atoms with Crippen LogP contribution in [-0.2, 0) is 6.54 Å². The second-order valence-electron chi connectivity index (χ2n) is 6.64. The van der Waals surface area contributed by atoms with Crippen molar-refractivity contribution in [1.82, 2.24) is 14.9 Å². The Balaban J connectivity index is 1.81. The van der Waals surface area contributed by atoms with E-state index >= 15 is 0 Å². The molecule has 0 saturated heterocycles. The zero-order valence-electron chi connectivity index (χ0n) is 13.0. The molecule has 118 valence electrons. The molecule has 0 radical (unpaired) electrons. The lowest BCUT2D eigenvalue weighted by atomic mass is 9.58. The van der Waals surface area contributed by atoms with Crippen molar-refractivity contribution in [3.05, 3.63) is 35.7 Å². The molecule has 0 aromatic carbocycles. The third-order valence-electron chi connectivity index (χ3n) is 5.13. The number of rotatable bonds is 4. The molecule has 5 N–H and O–H groups in total. The van der Waals surface area contributed by atoms with Crippen LogP contribution in [0.5, 0.6) is 0 Å². The van der Waals surface area contributed by atoms with E-state index in [9.17, 15) is 4.79 Å². The third-order valence-corrected chi connectivity index (χ3v) is 5.13. The van der Waals surface area contributed by atoms with Gasteiger partial charge in [0.05, 0.1) is 17.3 Å². The summed E-state index contributed by atoms with van der Waals surface area (Å²) in [7, 11) is 0. The highest BCUT2D eigenvalue weighted by Crippen LogP contribution is 2.45. The van der Waals surface area contributed by atoms with Crippen molar-refractivity contribution in [3.8, 4) is 0 Å². The van der Waals surface area contributed by atoms with Crippen LogP contribution in [0.3, 0.4) is 0 Å². The molecule has 6 nitrogen and oxygen atoms in total. The standard InChI is InChI=1S/C16H23N5O/c1-16(2)11(8-18)6-14(16)20-15(22)12-9-19-21-4-3-10(7-17)5-13(12)21/h3-5,9,11,14H,6-8,17-18H2,1-2H3,(H,20,22). The van der Waals surface area contributed by atoms with Crippen LogP contribution >= 0.6 is 0 Å². The van der Waals surface area contributed by atoms with E-state index < -0.39 is 0 Å². The van der Waals surface area contributed by atoms with Gasteiger partial charge in [-0.25, -0.2) is 4.52 Å². The van der Waals surface area contributed by atoms with Crippen molar-refractivity contribution in [2.75, 3.05) is 6.54 Å². The molecule has 2 aromatic heterocycles. The summed E-state index contributed by atoms with van der Waals surface area (Å²) in [6, 6.07) is 3.97. The molecule has 1 fully saturated rings. The van der Waals surface area contributed by atoms with Gasteiger partial charge in [-0.1, -0.05) is 13.8 Å². The van der Waals surface area contributed by atoms with Gasteiger partial charge in [-0.15, -0.1) is 0 Å². The van der Waals surface area contributed by atoms with Crippen LogP contribution in [0.2, 0.25) is 0 Å². The van der Waals surface area contributed by atoms with Gasteiger partial charge in [0, 0.05) is 18.8 Å². The number of nitrogens with zero attached hydrogens (tertiary/aromatic N) is 2. The van der Waals surface area contributed by atoms with E-state index in [0.29, 0.717) is 24.6 Å². The van der Waals surface area contributed by atoms with E-state index in [2.05, 4.69) is 24.3 Å². The van der Waals surface area contributed by atoms with E-state index in [1.807, 2.05) is 18.3 Å². The Morgan fingerprint density at radius 1 is 1.50 bits per heavy atom. The minimum atomic E-state index is -0.0854. The predicted molar refractivity (Wildman–Crippen MR) is 85.3 cm³/mol. The lowest BCUT2D eigenvalue weighted by Gasteiger charge is -2.52. The van der Waals surface area contributed by atoms with Crippen LogP contribution < -0.4 is 16.8 Å². The highest BCUT2D eigenvalue weighted by Gasteiger charge is 2.47. The van der Waals surface area contributed by atoms with Crippen LogP contribution in [-0.4, -0.2) is 28.1 Å². The second-order valence-corrected chi connectivity index (χ2v) is 6.64. The van der Waals surface area contributed by atoms with Gasteiger partial charge in [0.15, 0.2) is 0 Å². The van der Waals surface area contributed by atoms with Gasteiger partial charge in [0.25, 0.3) is 5.91 Å². The molecule has 1 amide bonds. The summed E-state index contributed by atoms with van der Waals surface area (Å²) in [6.07, 6.45) is 4.37. The molecule has 0 bridgehead atoms. The quantitative estimate of drug-likeness (QED) is 0.781. The van der Waals surface area contributed by atoms with Crippen molar-refractivity contribution < 1.29 is 4.79 Å². The van der Waals surface area contributed by atoms with Crippen LogP contribution in [0.15, 0.2) is 24.5 Å². The Bertz CT molecular complexity index is 706. The molecular weight excluding hydrogens is 278 g/mol. The number of hydrogen-bond donors (Lipinski definition) is 3. The normalized spacial score (nSPS) is 23.3. The molecule has 2 heterocycles. The molecular formula is C16H23N5O. The summed E-state index contributed by atoms with van der Waals surface area (Å²) in [5, 5.41) is 7.35. The summed E-state index contributed by atoms with van der Waals surface area (Å²) in [6.45, 7) is 5.41. The molecule has 1 aliphatic carbocycles.